The standard InChI is InChI=1S/C25H35N3O2/c1-18-7-8-23-22(15-18)21(17-27-23)9-12-26-24(29)16-19-10-13-28(14-11-19)25(30)20-5-3-2-4-6-20/h7-8,15,17,19-20,27H,2-6,9-14,16H2,1H3,(H,26,29). The maximum absolute atomic E-state index is 12.7. The first-order valence-electron chi connectivity index (χ1n) is 11.7. The smallest absolute Gasteiger partial charge is 0.225 e. The number of hydrogen-bond acceptors (Lipinski definition) is 2. The number of amides is 2. The van der Waals surface area contributed by atoms with Crippen molar-refractivity contribution in [3.05, 3.63) is 35.5 Å². The molecule has 30 heavy (non-hydrogen) atoms. The first-order valence-corrected chi connectivity index (χ1v) is 11.7. The number of fused-ring (bicyclic) bond motifs is 1. The van der Waals surface area contributed by atoms with Crippen LogP contribution in [0.1, 0.15) is 62.5 Å². The Morgan fingerprint density at radius 2 is 1.87 bits per heavy atom. The van der Waals surface area contributed by atoms with Crippen molar-refractivity contribution < 1.29 is 9.59 Å². The molecule has 1 saturated carbocycles. The Balaban J connectivity index is 1.18. The molecule has 2 fully saturated rings. The molecule has 1 aliphatic heterocycles. The number of piperidine rings is 1. The quantitative estimate of drug-likeness (QED) is 0.745. The van der Waals surface area contributed by atoms with E-state index in [2.05, 4.69) is 46.5 Å². The number of H-pyrrole nitrogens is 1. The van der Waals surface area contributed by atoms with E-state index >= 15 is 0 Å². The molecule has 4 rings (SSSR count). The minimum absolute atomic E-state index is 0.142. The molecular weight excluding hydrogens is 374 g/mol. The molecule has 5 nitrogen and oxygen atoms in total. The number of aryl methyl sites for hydroxylation is 1. The number of benzene rings is 1. The number of carbonyl (C=O) groups excluding carboxylic acids is 2. The van der Waals surface area contributed by atoms with Gasteiger partial charge in [-0.2, -0.15) is 0 Å². The van der Waals surface area contributed by atoms with Crippen LogP contribution in [-0.4, -0.2) is 41.3 Å². The second kappa shape index (κ2) is 9.67. The number of aromatic nitrogens is 1. The fourth-order valence-corrected chi connectivity index (χ4v) is 5.14. The molecule has 1 saturated heterocycles. The second-order valence-electron chi connectivity index (χ2n) is 9.27. The molecule has 0 bridgehead atoms. The molecule has 162 valence electrons. The predicted molar refractivity (Wildman–Crippen MR) is 120 cm³/mol. The van der Waals surface area contributed by atoms with Crippen LogP contribution in [0.5, 0.6) is 0 Å². The largest absolute Gasteiger partial charge is 0.361 e. The normalized spacial score (nSPS) is 18.6. The highest BCUT2D eigenvalue weighted by Gasteiger charge is 2.29. The minimum Gasteiger partial charge on any atom is -0.361 e. The van der Waals surface area contributed by atoms with Crippen LogP contribution in [0, 0.1) is 18.8 Å². The van der Waals surface area contributed by atoms with Crippen LogP contribution in [0.25, 0.3) is 10.9 Å². The molecule has 0 radical (unpaired) electrons. The number of aromatic amines is 1. The predicted octanol–water partition coefficient (Wildman–Crippen LogP) is 4.34. The molecule has 2 heterocycles. The van der Waals surface area contributed by atoms with Gasteiger partial charge in [-0.15, -0.1) is 0 Å². The highest BCUT2D eigenvalue weighted by molar-refractivity contribution is 5.84. The number of hydrogen-bond donors (Lipinski definition) is 2. The number of rotatable bonds is 6. The molecule has 0 spiro atoms. The fraction of sp³-hybridized carbons (Fsp3) is 0.600. The van der Waals surface area contributed by atoms with Gasteiger partial charge in [-0.1, -0.05) is 30.9 Å². The van der Waals surface area contributed by atoms with Gasteiger partial charge in [0, 0.05) is 49.1 Å². The van der Waals surface area contributed by atoms with Gasteiger partial charge in [0.15, 0.2) is 0 Å². The Labute approximate surface area is 179 Å². The maximum atomic E-state index is 12.7. The van der Waals surface area contributed by atoms with Crippen LogP contribution in [0.15, 0.2) is 24.4 Å². The SMILES string of the molecule is Cc1ccc2[nH]cc(CCNC(=O)CC3CCN(C(=O)C4CCCCC4)CC3)c2c1. The van der Waals surface area contributed by atoms with Crippen LogP contribution in [-0.2, 0) is 16.0 Å². The fourth-order valence-electron chi connectivity index (χ4n) is 5.14. The molecule has 2 amide bonds. The molecule has 0 atom stereocenters. The van der Waals surface area contributed by atoms with Gasteiger partial charge in [-0.05, 0) is 62.6 Å². The number of carbonyl (C=O) groups is 2. The average molecular weight is 410 g/mol. The topological polar surface area (TPSA) is 65.2 Å². The lowest BCUT2D eigenvalue weighted by atomic mass is 9.87. The van der Waals surface area contributed by atoms with Gasteiger partial charge in [0.1, 0.15) is 0 Å². The Hall–Kier alpha value is -2.30. The summed E-state index contributed by atoms with van der Waals surface area (Å²) in [6, 6.07) is 6.42. The number of nitrogens with one attached hydrogen (secondary N) is 2. The molecular formula is C25H35N3O2. The van der Waals surface area contributed by atoms with Gasteiger partial charge in [0.05, 0.1) is 0 Å². The van der Waals surface area contributed by atoms with Gasteiger partial charge < -0.3 is 15.2 Å². The van der Waals surface area contributed by atoms with Gasteiger partial charge in [-0.3, -0.25) is 9.59 Å². The molecule has 0 unspecified atom stereocenters. The van der Waals surface area contributed by atoms with Gasteiger partial charge in [0.2, 0.25) is 11.8 Å². The van der Waals surface area contributed by atoms with Crippen LogP contribution < -0.4 is 5.32 Å². The van der Waals surface area contributed by atoms with E-state index in [0.717, 1.165) is 50.7 Å². The van der Waals surface area contributed by atoms with E-state index in [-0.39, 0.29) is 11.8 Å². The summed E-state index contributed by atoms with van der Waals surface area (Å²) in [7, 11) is 0. The summed E-state index contributed by atoms with van der Waals surface area (Å²) in [5, 5.41) is 4.35. The van der Waals surface area contributed by atoms with Crippen molar-refractivity contribution in [1.29, 1.82) is 0 Å². The lowest BCUT2D eigenvalue weighted by Gasteiger charge is -2.35. The van der Waals surface area contributed by atoms with E-state index in [1.54, 1.807) is 0 Å². The van der Waals surface area contributed by atoms with Crippen LogP contribution >= 0.6 is 0 Å². The van der Waals surface area contributed by atoms with Crippen molar-refractivity contribution in [3.8, 4) is 0 Å². The van der Waals surface area contributed by atoms with Crippen LogP contribution in [0.2, 0.25) is 0 Å². The van der Waals surface area contributed by atoms with Gasteiger partial charge in [-0.25, -0.2) is 0 Å². The van der Waals surface area contributed by atoms with E-state index in [1.807, 2.05) is 0 Å². The van der Waals surface area contributed by atoms with Crippen LogP contribution in [0.3, 0.4) is 0 Å². The summed E-state index contributed by atoms with van der Waals surface area (Å²) < 4.78 is 0. The summed E-state index contributed by atoms with van der Waals surface area (Å²) in [4.78, 5) is 30.5. The van der Waals surface area contributed by atoms with Crippen molar-refractivity contribution in [1.82, 2.24) is 15.2 Å². The highest BCUT2D eigenvalue weighted by Crippen LogP contribution is 2.28. The van der Waals surface area contributed by atoms with Gasteiger partial charge in [0.25, 0.3) is 0 Å². The molecule has 5 heteroatoms. The summed E-state index contributed by atoms with van der Waals surface area (Å²) in [6.45, 7) is 4.41. The zero-order valence-corrected chi connectivity index (χ0v) is 18.2. The number of likely N-dealkylation sites (tertiary alicyclic amines) is 1. The molecule has 1 aromatic heterocycles. The Morgan fingerprint density at radius 3 is 2.63 bits per heavy atom. The average Bonchev–Trinajstić information content (AvgIpc) is 3.16. The first kappa shape index (κ1) is 21.0. The summed E-state index contributed by atoms with van der Waals surface area (Å²) in [6.07, 6.45) is 11.2. The third kappa shape index (κ3) is 5.05. The zero-order chi connectivity index (χ0) is 20.9. The summed E-state index contributed by atoms with van der Waals surface area (Å²) in [5.41, 5.74) is 3.65. The van der Waals surface area contributed by atoms with Crippen molar-refractivity contribution in [2.24, 2.45) is 11.8 Å². The molecule has 1 aromatic carbocycles. The van der Waals surface area contributed by atoms with E-state index in [1.165, 1.54) is 35.8 Å². The molecule has 2 aromatic rings. The molecule has 2 aliphatic rings. The van der Waals surface area contributed by atoms with Crippen molar-refractivity contribution in [2.75, 3.05) is 19.6 Å². The highest BCUT2D eigenvalue weighted by atomic mass is 16.2. The third-order valence-electron chi connectivity index (χ3n) is 6.99. The zero-order valence-electron chi connectivity index (χ0n) is 18.2. The monoisotopic (exact) mass is 409 g/mol. The second-order valence-corrected chi connectivity index (χ2v) is 9.27. The van der Waals surface area contributed by atoms with E-state index in [4.69, 9.17) is 0 Å². The Morgan fingerprint density at radius 1 is 1.10 bits per heavy atom. The van der Waals surface area contributed by atoms with Crippen molar-refractivity contribution in [3.63, 3.8) is 0 Å². The lowest BCUT2D eigenvalue weighted by molar-refractivity contribution is -0.138. The lowest BCUT2D eigenvalue weighted by Crippen LogP contribution is -2.43. The number of nitrogens with zero attached hydrogens (tertiary/aromatic N) is 1. The third-order valence-corrected chi connectivity index (χ3v) is 6.99. The van der Waals surface area contributed by atoms with Gasteiger partial charge >= 0.3 is 0 Å². The van der Waals surface area contributed by atoms with E-state index in [0.29, 0.717) is 24.8 Å². The Kier molecular flexibility index (Phi) is 6.76. The van der Waals surface area contributed by atoms with Crippen molar-refractivity contribution >= 4 is 22.7 Å². The van der Waals surface area contributed by atoms with Crippen LogP contribution in [0.4, 0.5) is 0 Å². The van der Waals surface area contributed by atoms with Crippen molar-refractivity contribution in [2.45, 2.75) is 64.7 Å². The van der Waals surface area contributed by atoms with E-state index < -0.39 is 0 Å². The summed E-state index contributed by atoms with van der Waals surface area (Å²) in [5.74, 6) is 1.16. The Bertz CT molecular complexity index is 874. The molecule has 2 N–H and O–H groups in total. The first-order chi connectivity index (χ1) is 14.6. The van der Waals surface area contributed by atoms with E-state index in [9.17, 15) is 9.59 Å². The molecule has 1 aliphatic carbocycles. The summed E-state index contributed by atoms with van der Waals surface area (Å²) >= 11 is 0. The minimum atomic E-state index is 0.142. The maximum Gasteiger partial charge on any atom is 0.225 e.